The number of pyridine rings is 1. The molecule has 1 nitrogen and oxygen atoms in total. The maximum Gasteiger partial charge on any atom is 0.0750 e. The van der Waals surface area contributed by atoms with Crippen LogP contribution in [0.4, 0.5) is 0 Å². The van der Waals surface area contributed by atoms with Crippen LogP contribution < -0.4 is 0 Å². The van der Waals surface area contributed by atoms with E-state index >= 15 is 0 Å². The Hall–Kier alpha value is -0.500. The van der Waals surface area contributed by atoms with Crippen LogP contribution in [0.15, 0.2) is 18.2 Å². The van der Waals surface area contributed by atoms with Gasteiger partial charge in [-0.25, -0.2) is 0 Å². The minimum absolute atomic E-state index is 0.558. The molecule has 1 saturated carbocycles. The van der Waals surface area contributed by atoms with Crippen molar-refractivity contribution in [1.82, 2.24) is 4.98 Å². The average Bonchev–Trinajstić information content (AvgIpc) is 2.97. The SMILES string of the molecule is Clc1cc(Cl)c2c(Cl)cc(C3CC3)nc2c1. The molecule has 0 radical (unpaired) electrons. The van der Waals surface area contributed by atoms with Gasteiger partial charge in [-0.05, 0) is 31.0 Å². The smallest absolute Gasteiger partial charge is 0.0750 e. The summed E-state index contributed by atoms with van der Waals surface area (Å²) in [6.07, 6.45) is 2.40. The van der Waals surface area contributed by atoms with Crippen LogP contribution in [0, 0.1) is 0 Å². The molecule has 2 aromatic rings. The van der Waals surface area contributed by atoms with E-state index in [-0.39, 0.29) is 0 Å². The molecule has 4 heteroatoms. The van der Waals surface area contributed by atoms with Crippen molar-refractivity contribution in [2.75, 3.05) is 0 Å². The Bertz CT molecular complexity index is 576. The van der Waals surface area contributed by atoms with E-state index in [1.807, 2.05) is 6.07 Å². The van der Waals surface area contributed by atoms with Crippen molar-refractivity contribution >= 4 is 45.7 Å². The summed E-state index contributed by atoms with van der Waals surface area (Å²) in [5, 5.41) is 2.60. The lowest BCUT2D eigenvalue weighted by atomic mass is 10.1. The summed E-state index contributed by atoms with van der Waals surface area (Å²) < 4.78 is 0. The van der Waals surface area contributed by atoms with Crippen LogP contribution in [-0.2, 0) is 0 Å². The molecule has 82 valence electrons. The Morgan fingerprint density at radius 1 is 1.00 bits per heavy atom. The Balaban J connectivity index is 2.32. The summed E-state index contributed by atoms with van der Waals surface area (Å²) in [5.41, 5.74) is 1.84. The molecule has 1 aromatic carbocycles. The van der Waals surface area contributed by atoms with Gasteiger partial charge in [0, 0.05) is 22.0 Å². The number of hydrogen-bond donors (Lipinski definition) is 0. The molecule has 0 amide bonds. The van der Waals surface area contributed by atoms with E-state index < -0.39 is 0 Å². The predicted molar refractivity (Wildman–Crippen MR) is 68.7 cm³/mol. The van der Waals surface area contributed by atoms with Crippen molar-refractivity contribution < 1.29 is 0 Å². The highest BCUT2D eigenvalue weighted by atomic mass is 35.5. The van der Waals surface area contributed by atoms with E-state index in [1.54, 1.807) is 12.1 Å². The first kappa shape index (κ1) is 10.6. The molecule has 0 aliphatic heterocycles. The van der Waals surface area contributed by atoms with Crippen molar-refractivity contribution in [3.8, 4) is 0 Å². The number of nitrogens with zero attached hydrogens (tertiary/aromatic N) is 1. The molecule has 0 unspecified atom stereocenters. The van der Waals surface area contributed by atoms with Gasteiger partial charge >= 0.3 is 0 Å². The molecule has 0 saturated heterocycles. The van der Waals surface area contributed by atoms with Crippen molar-refractivity contribution in [3.63, 3.8) is 0 Å². The predicted octanol–water partition coefficient (Wildman–Crippen LogP) is 5.07. The molecule has 3 rings (SSSR count). The van der Waals surface area contributed by atoms with Gasteiger partial charge in [0.2, 0.25) is 0 Å². The van der Waals surface area contributed by atoms with Crippen molar-refractivity contribution in [2.24, 2.45) is 0 Å². The van der Waals surface area contributed by atoms with Gasteiger partial charge in [0.05, 0.1) is 15.6 Å². The highest BCUT2D eigenvalue weighted by Gasteiger charge is 2.26. The Morgan fingerprint density at radius 2 is 1.69 bits per heavy atom. The Kier molecular flexibility index (Phi) is 2.50. The van der Waals surface area contributed by atoms with E-state index in [0.29, 0.717) is 21.0 Å². The summed E-state index contributed by atoms with van der Waals surface area (Å²) >= 11 is 18.3. The zero-order chi connectivity index (χ0) is 11.3. The summed E-state index contributed by atoms with van der Waals surface area (Å²) in [5.74, 6) is 0.569. The third kappa shape index (κ3) is 1.77. The molecule has 1 heterocycles. The van der Waals surface area contributed by atoms with Gasteiger partial charge in [0.25, 0.3) is 0 Å². The van der Waals surface area contributed by atoms with Gasteiger partial charge < -0.3 is 0 Å². The highest BCUT2D eigenvalue weighted by Crippen LogP contribution is 2.42. The lowest BCUT2D eigenvalue weighted by Gasteiger charge is -2.06. The van der Waals surface area contributed by atoms with Crippen LogP contribution >= 0.6 is 34.8 Å². The van der Waals surface area contributed by atoms with Gasteiger partial charge in [-0.1, -0.05) is 34.8 Å². The van der Waals surface area contributed by atoms with Crippen LogP contribution in [0.25, 0.3) is 10.9 Å². The van der Waals surface area contributed by atoms with E-state index in [0.717, 1.165) is 16.6 Å². The van der Waals surface area contributed by atoms with Gasteiger partial charge in [0.15, 0.2) is 0 Å². The second kappa shape index (κ2) is 3.76. The first-order valence-corrected chi connectivity index (χ1v) is 6.24. The number of hydrogen-bond acceptors (Lipinski definition) is 1. The van der Waals surface area contributed by atoms with Crippen molar-refractivity contribution in [3.05, 3.63) is 39.0 Å². The van der Waals surface area contributed by atoms with E-state index in [1.165, 1.54) is 12.8 Å². The highest BCUT2D eigenvalue weighted by molar-refractivity contribution is 6.43. The summed E-state index contributed by atoms with van der Waals surface area (Å²) in [4.78, 5) is 4.57. The normalized spacial score (nSPS) is 15.7. The molecule has 16 heavy (non-hydrogen) atoms. The number of aromatic nitrogens is 1. The van der Waals surface area contributed by atoms with E-state index in [4.69, 9.17) is 34.8 Å². The van der Waals surface area contributed by atoms with Crippen LogP contribution in [0.5, 0.6) is 0 Å². The van der Waals surface area contributed by atoms with Crippen LogP contribution in [0.2, 0.25) is 15.1 Å². The monoisotopic (exact) mass is 271 g/mol. The molecule has 0 N–H and O–H groups in total. The molecule has 1 fully saturated rings. The Labute approximate surface area is 108 Å². The fourth-order valence-electron chi connectivity index (χ4n) is 1.85. The first-order valence-electron chi connectivity index (χ1n) is 5.10. The number of rotatable bonds is 1. The lowest BCUT2D eigenvalue weighted by Crippen LogP contribution is -1.89. The number of benzene rings is 1. The van der Waals surface area contributed by atoms with Gasteiger partial charge in [-0.3, -0.25) is 4.98 Å². The minimum Gasteiger partial charge on any atom is -0.252 e. The maximum absolute atomic E-state index is 6.22. The standard InChI is InChI=1S/C12H8Cl3N/c13-7-3-8(14)12-9(15)5-10(6-1-2-6)16-11(12)4-7/h3-6H,1-2H2. The summed E-state index contributed by atoms with van der Waals surface area (Å²) in [7, 11) is 0. The minimum atomic E-state index is 0.558. The van der Waals surface area contributed by atoms with Crippen molar-refractivity contribution in [1.29, 1.82) is 0 Å². The quantitative estimate of drug-likeness (QED) is 0.706. The Morgan fingerprint density at radius 3 is 2.38 bits per heavy atom. The third-order valence-electron chi connectivity index (χ3n) is 2.79. The fourth-order valence-corrected chi connectivity index (χ4v) is 2.79. The zero-order valence-corrected chi connectivity index (χ0v) is 10.6. The van der Waals surface area contributed by atoms with Gasteiger partial charge in [-0.2, -0.15) is 0 Å². The molecular formula is C12H8Cl3N. The van der Waals surface area contributed by atoms with Crippen LogP contribution in [-0.4, -0.2) is 4.98 Å². The first-order chi connectivity index (χ1) is 7.65. The third-order valence-corrected chi connectivity index (χ3v) is 3.61. The second-order valence-electron chi connectivity index (χ2n) is 4.08. The lowest BCUT2D eigenvalue weighted by molar-refractivity contribution is 1.04. The second-order valence-corrected chi connectivity index (χ2v) is 5.34. The molecule has 0 spiro atoms. The molecule has 1 aliphatic rings. The molecule has 1 aromatic heterocycles. The van der Waals surface area contributed by atoms with Gasteiger partial charge in [-0.15, -0.1) is 0 Å². The summed E-state index contributed by atoms with van der Waals surface area (Å²) in [6, 6.07) is 5.41. The average molecular weight is 273 g/mol. The zero-order valence-electron chi connectivity index (χ0n) is 8.30. The molecular weight excluding hydrogens is 264 g/mol. The molecule has 0 bridgehead atoms. The number of halogens is 3. The topological polar surface area (TPSA) is 12.9 Å². The largest absolute Gasteiger partial charge is 0.252 e. The van der Waals surface area contributed by atoms with Crippen LogP contribution in [0.1, 0.15) is 24.5 Å². The summed E-state index contributed by atoms with van der Waals surface area (Å²) in [6.45, 7) is 0. The fraction of sp³-hybridized carbons (Fsp3) is 0.250. The van der Waals surface area contributed by atoms with E-state index in [2.05, 4.69) is 4.98 Å². The maximum atomic E-state index is 6.22. The van der Waals surface area contributed by atoms with Gasteiger partial charge in [0.1, 0.15) is 0 Å². The van der Waals surface area contributed by atoms with E-state index in [9.17, 15) is 0 Å². The van der Waals surface area contributed by atoms with Crippen molar-refractivity contribution in [2.45, 2.75) is 18.8 Å². The molecule has 1 aliphatic carbocycles. The number of fused-ring (bicyclic) bond motifs is 1. The molecule has 0 atom stereocenters. The van der Waals surface area contributed by atoms with Crippen LogP contribution in [0.3, 0.4) is 0 Å².